The van der Waals surface area contributed by atoms with Gasteiger partial charge in [0.15, 0.2) is 0 Å². The molecular weight excluding hydrogens is 942 g/mol. The Morgan fingerprint density at radius 1 is 0.407 bits per heavy atom. The SMILES string of the molecule is CCCCCCCCCCCCc1c[c]([Sn]([CH3])([CH3])[CH3])sc1-c1ccc(/C=C/c2ccc(-c3s[c]([Sn]([CH3])([CH3])[CH3])cc3CCCCCCCCCCCC)s2)s1. The van der Waals surface area contributed by atoms with Crippen LogP contribution in [0.3, 0.4) is 0 Å². The van der Waals surface area contributed by atoms with Crippen molar-refractivity contribution in [1.82, 2.24) is 0 Å². The van der Waals surface area contributed by atoms with Gasteiger partial charge in [-0.25, -0.2) is 0 Å². The Bertz CT molecular complexity index is 1510. The van der Waals surface area contributed by atoms with Gasteiger partial charge in [-0.2, -0.15) is 0 Å². The first-order chi connectivity index (χ1) is 26.0. The van der Waals surface area contributed by atoms with Gasteiger partial charge in [0, 0.05) is 0 Å². The number of aryl methyl sites for hydroxylation is 2. The molecule has 0 spiro atoms. The third kappa shape index (κ3) is 16.4. The van der Waals surface area contributed by atoms with E-state index in [1.807, 2.05) is 22.7 Å². The summed E-state index contributed by atoms with van der Waals surface area (Å²) in [5.41, 5.74) is 3.26. The van der Waals surface area contributed by atoms with E-state index in [4.69, 9.17) is 0 Å². The molecule has 4 aromatic rings. The van der Waals surface area contributed by atoms with Gasteiger partial charge in [0.05, 0.1) is 0 Å². The first-order valence-corrected chi connectivity index (χ1v) is 45.4. The molecule has 54 heavy (non-hydrogen) atoms. The van der Waals surface area contributed by atoms with E-state index in [9.17, 15) is 0 Å². The maximum absolute atomic E-state index is 2.64. The predicted molar refractivity (Wildman–Crippen MR) is 261 cm³/mol. The number of hydrogen-bond acceptors (Lipinski definition) is 4. The van der Waals surface area contributed by atoms with Gasteiger partial charge in [0.25, 0.3) is 0 Å². The van der Waals surface area contributed by atoms with Crippen molar-refractivity contribution in [3.63, 3.8) is 0 Å². The molecule has 0 bridgehead atoms. The first-order valence-electron chi connectivity index (χ1n) is 22.1. The van der Waals surface area contributed by atoms with E-state index < -0.39 is 36.8 Å². The molecule has 0 saturated heterocycles. The summed E-state index contributed by atoms with van der Waals surface area (Å²) in [5.74, 6) is 0. The molecular formula is C48H76S4Sn2. The first kappa shape index (κ1) is 46.8. The summed E-state index contributed by atoms with van der Waals surface area (Å²) >= 11 is 3.97. The Kier molecular flexibility index (Phi) is 21.6. The van der Waals surface area contributed by atoms with Crippen LogP contribution in [0.5, 0.6) is 0 Å². The van der Waals surface area contributed by atoms with Gasteiger partial charge in [-0.3, -0.25) is 0 Å². The summed E-state index contributed by atoms with van der Waals surface area (Å²) in [6.45, 7) is 4.62. The van der Waals surface area contributed by atoms with Crippen molar-refractivity contribution in [2.45, 2.75) is 185 Å². The average Bonchev–Trinajstić information content (AvgIpc) is 3.94. The molecule has 0 amide bonds. The molecule has 300 valence electrons. The van der Waals surface area contributed by atoms with Gasteiger partial charge < -0.3 is 0 Å². The third-order valence-corrected chi connectivity index (χ3v) is 34.5. The van der Waals surface area contributed by atoms with E-state index >= 15 is 0 Å². The van der Waals surface area contributed by atoms with E-state index in [2.05, 4.69) is 115 Å². The van der Waals surface area contributed by atoms with Gasteiger partial charge in [-0.15, -0.1) is 0 Å². The molecule has 0 aliphatic carbocycles. The van der Waals surface area contributed by atoms with E-state index in [1.165, 1.54) is 161 Å². The van der Waals surface area contributed by atoms with Crippen molar-refractivity contribution in [3.05, 3.63) is 57.3 Å². The molecule has 4 aromatic heterocycles. The Morgan fingerprint density at radius 3 is 1.04 bits per heavy atom. The molecule has 0 aliphatic heterocycles. The van der Waals surface area contributed by atoms with Gasteiger partial charge >= 0.3 is 322 Å². The minimum absolute atomic E-state index is 1.25. The van der Waals surface area contributed by atoms with E-state index in [0.29, 0.717) is 0 Å². The molecule has 0 aromatic carbocycles. The molecule has 4 heterocycles. The average molecular weight is 1020 g/mol. The number of unbranched alkanes of at least 4 members (excludes halogenated alkanes) is 18. The van der Waals surface area contributed by atoms with Crippen LogP contribution in [-0.4, -0.2) is 36.8 Å². The maximum atomic E-state index is 2.64. The summed E-state index contributed by atoms with van der Waals surface area (Å²) in [7, 11) is 0. The van der Waals surface area contributed by atoms with Gasteiger partial charge in [0.2, 0.25) is 0 Å². The monoisotopic (exact) mass is 1020 g/mol. The van der Waals surface area contributed by atoms with Crippen molar-refractivity contribution < 1.29 is 0 Å². The molecule has 0 unspecified atom stereocenters. The molecule has 0 nitrogen and oxygen atoms in total. The number of thiophene rings is 4. The van der Waals surface area contributed by atoms with Crippen LogP contribution in [0.4, 0.5) is 0 Å². The zero-order chi connectivity index (χ0) is 38.8. The molecule has 6 heteroatoms. The molecule has 4 rings (SSSR count). The van der Waals surface area contributed by atoms with Gasteiger partial charge in [-0.1, -0.05) is 39.5 Å². The normalized spacial score (nSPS) is 12.5. The Labute approximate surface area is 357 Å². The molecule has 0 saturated carbocycles. The number of rotatable bonds is 28. The van der Waals surface area contributed by atoms with Crippen molar-refractivity contribution in [2.24, 2.45) is 0 Å². The standard InChI is InChI=1S/C42H58S4.6CH3.2Sn/c1-3-5-7-9-11-13-15-17-19-21-23-35-31-33-43-41(35)39-29-27-37(45-39)25-26-38-28-30-40(46-38)42-36(32-34-44-42)24-22-20-18-16-14-12-10-8-6-4-2;;;;;;;;/h25-32H,3-24H2,1-2H3;6*1H3;;/b26-25+;;;;;;;;. The van der Waals surface area contributed by atoms with Crippen LogP contribution >= 0.6 is 45.3 Å². The fourth-order valence-corrected chi connectivity index (χ4v) is 22.4. The zero-order valence-electron chi connectivity index (χ0n) is 35.8. The summed E-state index contributed by atoms with van der Waals surface area (Å²) < 4.78 is 3.47. The van der Waals surface area contributed by atoms with Crippen LogP contribution in [0, 0.1) is 0 Å². The second-order valence-electron chi connectivity index (χ2n) is 18.0. The van der Waals surface area contributed by atoms with Crippen molar-refractivity contribution in [3.8, 4) is 19.5 Å². The van der Waals surface area contributed by atoms with Crippen LogP contribution in [-0.2, 0) is 12.8 Å². The fourth-order valence-electron chi connectivity index (χ4n) is 7.28. The molecule has 0 radical (unpaired) electrons. The van der Waals surface area contributed by atoms with Crippen molar-refractivity contribution in [2.75, 3.05) is 0 Å². The van der Waals surface area contributed by atoms with Crippen LogP contribution in [0.15, 0.2) is 36.4 Å². The van der Waals surface area contributed by atoms with Crippen LogP contribution in [0.2, 0.25) is 29.6 Å². The second-order valence-corrected chi connectivity index (χ2v) is 53.2. The summed E-state index contributed by atoms with van der Waals surface area (Å²) in [6, 6.07) is 14.8. The van der Waals surface area contributed by atoms with E-state index in [0.717, 1.165) is 0 Å². The summed E-state index contributed by atoms with van der Waals surface area (Å²) in [4.78, 5) is 24.3. The summed E-state index contributed by atoms with van der Waals surface area (Å²) in [6.07, 6.45) is 35.4. The molecule has 0 atom stereocenters. The second kappa shape index (κ2) is 24.9. The topological polar surface area (TPSA) is 0 Å². The third-order valence-electron chi connectivity index (χ3n) is 10.8. The van der Waals surface area contributed by atoms with E-state index in [1.54, 1.807) is 26.7 Å². The molecule has 0 fully saturated rings. The Morgan fingerprint density at radius 2 is 0.722 bits per heavy atom. The molecule has 0 N–H and O–H groups in total. The summed E-state index contributed by atoms with van der Waals surface area (Å²) in [5, 5.41) is 0. The Balaban J connectivity index is 1.34. The van der Waals surface area contributed by atoms with Gasteiger partial charge in [0.1, 0.15) is 0 Å². The molecule has 0 aliphatic rings. The predicted octanol–water partition coefficient (Wildman–Crippen LogP) is 17.5. The zero-order valence-corrected chi connectivity index (χ0v) is 44.8. The quantitative estimate of drug-likeness (QED) is 0.0393. The van der Waals surface area contributed by atoms with Crippen molar-refractivity contribution in [1.29, 1.82) is 0 Å². The fraction of sp³-hybridized carbons (Fsp3) is 0.625. The van der Waals surface area contributed by atoms with Crippen molar-refractivity contribution >= 4 is 100 Å². The van der Waals surface area contributed by atoms with E-state index in [-0.39, 0.29) is 0 Å². The number of hydrogen-bond donors (Lipinski definition) is 0. The van der Waals surface area contributed by atoms with Crippen LogP contribution in [0.25, 0.3) is 31.7 Å². The minimum atomic E-state index is -2.14. The Hall–Kier alpha value is 0.137. The van der Waals surface area contributed by atoms with Crippen LogP contribution < -0.4 is 5.79 Å². The van der Waals surface area contributed by atoms with Crippen LogP contribution in [0.1, 0.15) is 163 Å². The van der Waals surface area contributed by atoms with Gasteiger partial charge in [-0.05, 0) is 0 Å².